The van der Waals surface area contributed by atoms with Crippen LogP contribution in [0.5, 0.6) is 5.88 Å². The third kappa shape index (κ3) is 4.33. The summed E-state index contributed by atoms with van der Waals surface area (Å²) in [6.45, 7) is 0. The molecule has 1 aromatic carbocycles. The van der Waals surface area contributed by atoms with E-state index in [0.29, 0.717) is 22.6 Å². The van der Waals surface area contributed by atoms with Gasteiger partial charge in [-0.2, -0.15) is 5.10 Å². The number of rotatable bonds is 5. The lowest BCUT2D eigenvalue weighted by Crippen LogP contribution is -2.27. The number of hydrogen-bond donors (Lipinski definition) is 3. The quantitative estimate of drug-likeness (QED) is 0.445. The number of ether oxygens (including phenoxy) is 1. The van der Waals surface area contributed by atoms with Crippen LogP contribution in [-0.2, 0) is 0 Å². The molecule has 0 aliphatic rings. The normalized spacial score (nSPS) is 10.6. The van der Waals surface area contributed by atoms with E-state index in [1.54, 1.807) is 38.6 Å². The minimum Gasteiger partial charge on any atom is -0.481 e. The fraction of sp³-hybridized carbons (Fsp3) is 0.136. The van der Waals surface area contributed by atoms with Gasteiger partial charge in [-0.25, -0.2) is 9.78 Å². The highest BCUT2D eigenvalue weighted by atomic mass is 16.5. The van der Waals surface area contributed by atoms with Crippen molar-refractivity contribution in [2.45, 2.75) is 0 Å². The van der Waals surface area contributed by atoms with Gasteiger partial charge in [-0.15, -0.1) is 0 Å². The molecule has 4 rings (SSSR count). The Morgan fingerprint density at radius 1 is 0.969 bits per heavy atom. The number of aromatic amines is 1. The summed E-state index contributed by atoms with van der Waals surface area (Å²) < 4.78 is 5.03. The zero-order chi connectivity index (χ0) is 22.7. The zero-order valence-electron chi connectivity index (χ0n) is 17.7. The molecule has 3 heterocycles. The zero-order valence-corrected chi connectivity index (χ0v) is 17.7. The average Bonchev–Trinajstić information content (AvgIpc) is 3.23. The van der Waals surface area contributed by atoms with Gasteiger partial charge in [0.25, 0.3) is 5.91 Å². The summed E-state index contributed by atoms with van der Waals surface area (Å²) in [6.07, 6.45) is 4.77. The second kappa shape index (κ2) is 8.72. The van der Waals surface area contributed by atoms with Crippen LogP contribution in [0.1, 0.15) is 10.5 Å². The number of anilines is 2. The van der Waals surface area contributed by atoms with Crippen LogP contribution < -0.4 is 15.4 Å². The first-order chi connectivity index (χ1) is 15.4. The minimum absolute atomic E-state index is 0.249. The summed E-state index contributed by atoms with van der Waals surface area (Å²) in [4.78, 5) is 34.5. The molecule has 0 aliphatic carbocycles. The Bertz CT molecular complexity index is 1280. The molecule has 0 radical (unpaired) electrons. The van der Waals surface area contributed by atoms with Gasteiger partial charge in [0.05, 0.1) is 36.4 Å². The highest BCUT2D eigenvalue weighted by molar-refractivity contribution is 6.11. The topological polar surface area (TPSA) is 125 Å². The van der Waals surface area contributed by atoms with Crippen LogP contribution >= 0.6 is 0 Å². The number of urea groups is 1. The Morgan fingerprint density at radius 3 is 2.53 bits per heavy atom. The van der Waals surface area contributed by atoms with E-state index < -0.39 is 0 Å². The average molecular weight is 431 g/mol. The first-order valence-electron chi connectivity index (χ1n) is 9.68. The van der Waals surface area contributed by atoms with E-state index in [2.05, 4.69) is 30.8 Å². The van der Waals surface area contributed by atoms with Gasteiger partial charge in [-0.1, -0.05) is 6.07 Å². The standard InChI is InChI=1S/C22H21N7O3/c1-29(2)22(31)26-16-8-14(10-23-11-16)13-4-6-18-17(9-13)20(28-27-18)21(30)25-15-5-7-19(32-3)24-12-15/h4-12H,1-3H3,(H,25,30)(H,26,31)(H,27,28). The Hall–Kier alpha value is -4.47. The van der Waals surface area contributed by atoms with Crippen molar-refractivity contribution >= 4 is 34.2 Å². The van der Waals surface area contributed by atoms with Gasteiger partial charge >= 0.3 is 6.03 Å². The Morgan fingerprint density at radius 2 is 1.81 bits per heavy atom. The predicted molar refractivity (Wildman–Crippen MR) is 121 cm³/mol. The summed E-state index contributed by atoms with van der Waals surface area (Å²) in [7, 11) is 4.84. The fourth-order valence-electron chi connectivity index (χ4n) is 3.03. The van der Waals surface area contributed by atoms with Crippen molar-refractivity contribution in [3.63, 3.8) is 0 Å². The monoisotopic (exact) mass is 431 g/mol. The molecule has 10 nitrogen and oxygen atoms in total. The maximum absolute atomic E-state index is 12.8. The predicted octanol–water partition coefficient (Wildman–Crippen LogP) is 3.37. The van der Waals surface area contributed by atoms with Crippen LogP contribution in [0.25, 0.3) is 22.0 Å². The van der Waals surface area contributed by atoms with Gasteiger partial charge in [-0.3, -0.25) is 14.9 Å². The molecular formula is C22H21N7O3. The number of hydrogen-bond acceptors (Lipinski definition) is 6. The molecule has 0 atom stereocenters. The number of carbonyl (C=O) groups excluding carboxylic acids is 2. The van der Waals surface area contributed by atoms with Crippen LogP contribution in [0.4, 0.5) is 16.2 Å². The van der Waals surface area contributed by atoms with Gasteiger partial charge in [-0.05, 0) is 29.8 Å². The van der Waals surface area contributed by atoms with Crippen LogP contribution in [-0.4, -0.2) is 58.2 Å². The molecule has 3 N–H and O–H groups in total. The summed E-state index contributed by atoms with van der Waals surface area (Å²) in [5.74, 6) is 0.0842. The van der Waals surface area contributed by atoms with Gasteiger partial charge in [0.1, 0.15) is 0 Å². The van der Waals surface area contributed by atoms with E-state index in [-0.39, 0.29) is 17.6 Å². The first-order valence-corrected chi connectivity index (χ1v) is 9.68. The molecule has 0 aliphatic heterocycles. The number of nitrogens with one attached hydrogen (secondary N) is 3. The number of fused-ring (bicyclic) bond motifs is 1. The molecule has 0 spiro atoms. The van der Waals surface area contributed by atoms with E-state index in [1.807, 2.05) is 24.3 Å². The van der Waals surface area contributed by atoms with Crippen LogP contribution in [0, 0.1) is 0 Å². The number of carbonyl (C=O) groups is 2. The van der Waals surface area contributed by atoms with Crippen molar-refractivity contribution in [3.8, 4) is 17.0 Å². The van der Waals surface area contributed by atoms with Crippen molar-refractivity contribution in [2.75, 3.05) is 31.8 Å². The number of nitrogens with zero attached hydrogens (tertiary/aromatic N) is 4. The van der Waals surface area contributed by atoms with E-state index >= 15 is 0 Å². The molecule has 0 unspecified atom stereocenters. The number of methoxy groups -OCH3 is 1. The lowest BCUT2D eigenvalue weighted by molar-refractivity contribution is 0.102. The van der Waals surface area contributed by atoms with Crippen LogP contribution in [0.3, 0.4) is 0 Å². The van der Waals surface area contributed by atoms with Gasteiger partial charge in [0.2, 0.25) is 5.88 Å². The van der Waals surface area contributed by atoms with Crippen molar-refractivity contribution in [1.29, 1.82) is 0 Å². The lowest BCUT2D eigenvalue weighted by atomic mass is 10.0. The number of H-pyrrole nitrogens is 1. The smallest absolute Gasteiger partial charge is 0.321 e. The van der Waals surface area contributed by atoms with Gasteiger partial charge < -0.3 is 20.3 Å². The molecule has 4 aromatic rings. The molecule has 162 valence electrons. The first kappa shape index (κ1) is 20.8. The third-order valence-corrected chi connectivity index (χ3v) is 4.71. The summed E-state index contributed by atoms with van der Waals surface area (Å²) in [5.41, 5.74) is 3.68. The summed E-state index contributed by atoms with van der Waals surface area (Å²) in [5, 5.41) is 13.3. The Balaban J connectivity index is 1.61. The molecule has 0 fully saturated rings. The third-order valence-electron chi connectivity index (χ3n) is 4.71. The molecule has 3 amide bonds. The maximum Gasteiger partial charge on any atom is 0.321 e. The second-order valence-electron chi connectivity index (χ2n) is 7.16. The second-order valence-corrected chi connectivity index (χ2v) is 7.16. The lowest BCUT2D eigenvalue weighted by Gasteiger charge is -2.12. The van der Waals surface area contributed by atoms with Crippen LogP contribution in [0.15, 0.2) is 55.0 Å². The van der Waals surface area contributed by atoms with E-state index in [4.69, 9.17) is 4.74 Å². The molecule has 3 aromatic heterocycles. The Kier molecular flexibility index (Phi) is 5.67. The highest BCUT2D eigenvalue weighted by Crippen LogP contribution is 2.27. The molecule has 0 saturated heterocycles. The van der Waals surface area contributed by atoms with Crippen molar-refractivity contribution < 1.29 is 14.3 Å². The molecule has 0 bridgehead atoms. The highest BCUT2D eigenvalue weighted by Gasteiger charge is 2.16. The summed E-state index contributed by atoms with van der Waals surface area (Å²) >= 11 is 0. The van der Waals surface area contributed by atoms with E-state index in [9.17, 15) is 9.59 Å². The number of aromatic nitrogens is 4. The number of amides is 3. The van der Waals surface area contributed by atoms with E-state index in [0.717, 1.165) is 16.6 Å². The number of benzene rings is 1. The fourth-order valence-corrected chi connectivity index (χ4v) is 3.03. The summed E-state index contributed by atoms with van der Waals surface area (Å²) in [6, 6.07) is 10.5. The van der Waals surface area contributed by atoms with Gasteiger partial charge in [0.15, 0.2) is 5.69 Å². The molecule has 10 heteroatoms. The molecule has 32 heavy (non-hydrogen) atoms. The molecular weight excluding hydrogens is 410 g/mol. The molecule has 0 saturated carbocycles. The largest absolute Gasteiger partial charge is 0.481 e. The SMILES string of the molecule is COc1ccc(NC(=O)c2n[nH]c3ccc(-c4cncc(NC(=O)N(C)C)c4)cc23)cn1. The van der Waals surface area contributed by atoms with Crippen molar-refractivity contribution in [1.82, 2.24) is 25.1 Å². The van der Waals surface area contributed by atoms with Gasteiger partial charge in [0, 0.05) is 37.3 Å². The van der Waals surface area contributed by atoms with Crippen molar-refractivity contribution in [2.24, 2.45) is 0 Å². The van der Waals surface area contributed by atoms with E-state index in [1.165, 1.54) is 18.2 Å². The Labute approximate surface area is 183 Å². The maximum atomic E-state index is 12.8. The minimum atomic E-state index is -0.370. The van der Waals surface area contributed by atoms with Crippen molar-refractivity contribution in [3.05, 3.63) is 60.7 Å². The van der Waals surface area contributed by atoms with Crippen LogP contribution in [0.2, 0.25) is 0 Å². The number of pyridine rings is 2.